The molecule has 3 aromatic rings. The van der Waals surface area contributed by atoms with Crippen LogP contribution in [-0.2, 0) is 19.5 Å². The first-order chi connectivity index (χ1) is 17.9. The standard InChI is InChI=1S/C25H29BrN4O5S2/c26-20-4-7-22-23(18-20)36-25(27-22)30(9-1-8-28-10-14-34-15-11-28)24(31)19-2-5-21(6-3-19)37(32,33)29-12-16-35-17-13-29/h2-7,18H,1,8-17H2. The lowest BCUT2D eigenvalue weighted by Gasteiger charge is -2.28. The number of thiazole rings is 1. The molecule has 2 aromatic carbocycles. The highest BCUT2D eigenvalue weighted by Gasteiger charge is 2.27. The predicted octanol–water partition coefficient (Wildman–Crippen LogP) is 3.45. The highest BCUT2D eigenvalue weighted by Crippen LogP contribution is 2.32. The number of nitrogens with zero attached hydrogens (tertiary/aromatic N) is 4. The van der Waals surface area contributed by atoms with E-state index >= 15 is 0 Å². The Morgan fingerprint density at radius 2 is 1.68 bits per heavy atom. The van der Waals surface area contributed by atoms with Gasteiger partial charge in [-0.25, -0.2) is 13.4 Å². The van der Waals surface area contributed by atoms with Crippen LogP contribution in [0.25, 0.3) is 10.2 Å². The Morgan fingerprint density at radius 3 is 2.38 bits per heavy atom. The van der Waals surface area contributed by atoms with E-state index in [4.69, 9.17) is 14.5 Å². The van der Waals surface area contributed by atoms with Crippen LogP contribution in [0.3, 0.4) is 0 Å². The number of anilines is 1. The summed E-state index contributed by atoms with van der Waals surface area (Å²) >= 11 is 4.98. The number of aromatic nitrogens is 1. The summed E-state index contributed by atoms with van der Waals surface area (Å²) < 4.78 is 40.1. The lowest BCUT2D eigenvalue weighted by atomic mass is 10.2. The SMILES string of the molecule is O=C(c1ccc(S(=O)(=O)N2CCOCC2)cc1)N(CCCN1CCOCC1)c1nc2ccc(Br)cc2s1. The number of ether oxygens (including phenoxy) is 2. The predicted molar refractivity (Wildman–Crippen MR) is 147 cm³/mol. The molecular formula is C25H29BrN4O5S2. The zero-order valence-corrected chi connectivity index (χ0v) is 23.6. The number of halogens is 1. The Balaban J connectivity index is 1.37. The minimum atomic E-state index is -3.63. The second-order valence-electron chi connectivity index (χ2n) is 8.91. The van der Waals surface area contributed by atoms with Gasteiger partial charge in [-0.3, -0.25) is 14.6 Å². The first-order valence-corrected chi connectivity index (χ1v) is 15.3. The highest BCUT2D eigenvalue weighted by atomic mass is 79.9. The van der Waals surface area contributed by atoms with Crippen molar-refractivity contribution in [2.24, 2.45) is 0 Å². The molecule has 0 atom stereocenters. The molecule has 0 bridgehead atoms. The third kappa shape index (κ3) is 6.22. The number of amides is 1. The largest absolute Gasteiger partial charge is 0.379 e. The topological polar surface area (TPSA) is 92.3 Å². The van der Waals surface area contributed by atoms with Crippen molar-refractivity contribution in [2.45, 2.75) is 11.3 Å². The summed E-state index contributed by atoms with van der Waals surface area (Å²) in [4.78, 5) is 22.7. The van der Waals surface area contributed by atoms with Gasteiger partial charge in [0.15, 0.2) is 5.13 Å². The van der Waals surface area contributed by atoms with E-state index in [0.29, 0.717) is 43.5 Å². The van der Waals surface area contributed by atoms with Gasteiger partial charge in [-0.05, 0) is 48.9 Å². The van der Waals surface area contributed by atoms with Crippen LogP contribution in [0.4, 0.5) is 5.13 Å². The van der Waals surface area contributed by atoms with Crippen molar-refractivity contribution in [3.63, 3.8) is 0 Å². The van der Waals surface area contributed by atoms with Crippen molar-refractivity contribution in [1.82, 2.24) is 14.2 Å². The zero-order valence-electron chi connectivity index (χ0n) is 20.3. The molecule has 37 heavy (non-hydrogen) atoms. The Bertz CT molecular complexity index is 1340. The molecule has 1 amide bonds. The van der Waals surface area contributed by atoms with Crippen LogP contribution in [0.2, 0.25) is 0 Å². The van der Waals surface area contributed by atoms with E-state index in [1.165, 1.54) is 27.8 Å². The molecule has 3 heterocycles. The first-order valence-electron chi connectivity index (χ1n) is 12.3. The molecule has 0 aliphatic carbocycles. The highest BCUT2D eigenvalue weighted by molar-refractivity contribution is 9.10. The molecule has 2 aliphatic heterocycles. The van der Waals surface area contributed by atoms with Crippen molar-refractivity contribution in [3.8, 4) is 0 Å². The molecule has 0 spiro atoms. The van der Waals surface area contributed by atoms with E-state index in [1.54, 1.807) is 17.0 Å². The van der Waals surface area contributed by atoms with E-state index < -0.39 is 10.0 Å². The van der Waals surface area contributed by atoms with Crippen LogP contribution >= 0.6 is 27.3 Å². The van der Waals surface area contributed by atoms with Gasteiger partial charge in [0.1, 0.15) is 0 Å². The second-order valence-corrected chi connectivity index (χ2v) is 12.8. The van der Waals surface area contributed by atoms with Crippen LogP contribution in [0.5, 0.6) is 0 Å². The van der Waals surface area contributed by atoms with Crippen molar-refractivity contribution in [1.29, 1.82) is 0 Å². The Morgan fingerprint density at radius 1 is 1.00 bits per heavy atom. The summed E-state index contributed by atoms with van der Waals surface area (Å²) in [6.07, 6.45) is 0.787. The summed E-state index contributed by atoms with van der Waals surface area (Å²) in [5.41, 5.74) is 1.26. The van der Waals surface area contributed by atoms with Crippen LogP contribution in [0.1, 0.15) is 16.8 Å². The Kier molecular flexibility index (Phi) is 8.54. The van der Waals surface area contributed by atoms with Crippen molar-refractivity contribution < 1.29 is 22.7 Å². The van der Waals surface area contributed by atoms with Crippen molar-refractivity contribution >= 4 is 58.5 Å². The quantitative estimate of drug-likeness (QED) is 0.387. The zero-order chi connectivity index (χ0) is 25.8. The second kappa shape index (κ2) is 11.9. The van der Waals surface area contributed by atoms with Gasteiger partial charge in [-0.1, -0.05) is 27.3 Å². The third-order valence-corrected chi connectivity index (χ3v) is 9.93. The van der Waals surface area contributed by atoms with Gasteiger partial charge in [0.05, 0.1) is 41.5 Å². The van der Waals surface area contributed by atoms with Crippen molar-refractivity contribution in [3.05, 3.63) is 52.5 Å². The number of rotatable bonds is 8. The van der Waals surface area contributed by atoms with Gasteiger partial charge in [-0.15, -0.1) is 0 Å². The molecule has 0 radical (unpaired) electrons. The molecule has 0 N–H and O–H groups in total. The van der Waals surface area contributed by atoms with Crippen LogP contribution in [-0.4, -0.2) is 94.2 Å². The molecular weight excluding hydrogens is 580 g/mol. The van der Waals surface area contributed by atoms with Gasteiger partial charge in [0.2, 0.25) is 10.0 Å². The van der Waals surface area contributed by atoms with Crippen LogP contribution in [0.15, 0.2) is 51.8 Å². The van der Waals surface area contributed by atoms with Gasteiger partial charge in [-0.2, -0.15) is 4.31 Å². The molecule has 2 saturated heterocycles. The van der Waals surface area contributed by atoms with E-state index in [1.807, 2.05) is 18.2 Å². The number of benzene rings is 2. The van der Waals surface area contributed by atoms with E-state index in [2.05, 4.69) is 20.8 Å². The fourth-order valence-electron chi connectivity index (χ4n) is 4.42. The Hall–Kier alpha value is -1.93. The molecule has 198 valence electrons. The maximum Gasteiger partial charge on any atom is 0.260 e. The van der Waals surface area contributed by atoms with E-state index in [9.17, 15) is 13.2 Å². The van der Waals surface area contributed by atoms with E-state index in [0.717, 1.165) is 54.0 Å². The monoisotopic (exact) mass is 608 g/mol. The molecule has 0 unspecified atom stereocenters. The minimum absolute atomic E-state index is 0.176. The third-order valence-electron chi connectivity index (χ3n) is 6.48. The molecule has 1 aromatic heterocycles. The minimum Gasteiger partial charge on any atom is -0.379 e. The molecule has 5 rings (SSSR count). The molecule has 9 nitrogen and oxygen atoms in total. The van der Waals surface area contributed by atoms with E-state index in [-0.39, 0.29) is 10.8 Å². The van der Waals surface area contributed by atoms with Gasteiger partial charge >= 0.3 is 0 Å². The average Bonchev–Trinajstić information content (AvgIpc) is 3.34. The number of carbonyl (C=O) groups excluding carboxylic acids is 1. The van der Waals surface area contributed by atoms with Gasteiger partial charge in [0.25, 0.3) is 5.91 Å². The lowest BCUT2D eigenvalue weighted by Crippen LogP contribution is -2.40. The van der Waals surface area contributed by atoms with Gasteiger partial charge < -0.3 is 9.47 Å². The summed E-state index contributed by atoms with van der Waals surface area (Å²) in [7, 11) is -3.63. The maximum atomic E-state index is 13.7. The summed E-state index contributed by atoms with van der Waals surface area (Å²) in [5, 5.41) is 0.630. The fraction of sp³-hybridized carbons (Fsp3) is 0.440. The lowest BCUT2D eigenvalue weighted by molar-refractivity contribution is 0.0376. The van der Waals surface area contributed by atoms with Crippen molar-refractivity contribution in [2.75, 3.05) is 70.6 Å². The molecule has 2 fully saturated rings. The molecule has 2 aliphatic rings. The summed E-state index contributed by atoms with van der Waals surface area (Å²) in [6, 6.07) is 12.1. The first kappa shape index (κ1) is 26.7. The molecule has 12 heteroatoms. The Labute approximate surface area is 229 Å². The smallest absolute Gasteiger partial charge is 0.260 e. The maximum absolute atomic E-state index is 13.7. The summed E-state index contributed by atoms with van der Waals surface area (Å²) in [6.45, 7) is 6.03. The van der Waals surface area contributed by atoms with Gasteiger partial charge in [0, 0.05) is 49.3 Å². The van der Waals surface area contributed by atoms with Crippen LogP contribution < -0.4 is 4.90 Å². The fourth-order valence-corrected chi connectivity index (χ4v) is 7.37. The number of fused-ring (bicyclic) bond motifs is 1. The number of morpholine rings is 2. The molecule has 0 saturated carbocycles. The average molecular weight is 610 g/mol. The summed E-state index contributed by atoms with van der Waals surface area (Å²) in [5.74, 6) is -0.199. The number of hydrogen-bond donors (Lipinski definition) is 0. The number of sulfonamides is 1. The number of carbonyl (C=O) groups is 1. The van der Waals surface area contributed by atoms with Crippen LogP contribution in [0, 0.1) is 0 Å². The normalized spacial score (nSPS) is 17.8. The number of hydrogen-bond acceptors (Lipinski definition) is 8.